The molecule has 0 aliphatic heterocycles. The lowest BCUT2D eigenvalue weighted by atomic mass is 10.4. The van der Waals surface area contributed by atoms with Gasteiger partial charge in [0, 0.05) is 5.57 Å². The lowest BCUT2D eigenvalue weighted by Gasteiger charge is -1.79. The first-order valence-electron chi connectivity index (χ1n) is 1.53. The van der Waals surface area contributed by atoms with Crippen molar-refractivity contribution in [2.75, 3.05) is 0 Å². The van der Waals surface area contributed by atoms with Crippen molar-refractivity contribution in [2.24, 2.45) is 0 Å². The summed E-state index contributed by atoms with van der Waals surface area (Å²) in [4.78, 5) is 9.60. The van der Waals surface area contributed by atoms with E-state index in [0.717, 1.165) is 0 Å². The maximum Gasteiger partial charge on any atom is 0.330 e. The minimum atomic E-state index is -0.935. The zero-order valence-electron chi connectivity index (χ0n) is 3.56. The van der Waals surface area contributed by atoms with Gasteiger partial charge in [0.05, 0.1) is 0 Å². The molecule has 0 aromatic heterocycles. The lowest BCUT2D eigenvalue weighted by molar-refractivity contribution is -0.132. The zero-order valence-corrected chi connectivity index (χ0v) is 3.56. The Labute approximate surface area is 58.4 Å². The third-order valence-electron chi connectivity index (χ3n) is 0.365. The topological polar surface area (TPSA) is 37.3 Å². The molecule has 0 radical (unpaired) electrons. The average Bonchev–Trinajstić information content (AvgIpc) is 1.36. The van der Waals surface area contributed by atoms with Crippen LogP contribution in [0, 0.1) is 0 Å². The van der Waals surface area contributed by atoms with E-state index in [1.165, 1.54) is 6.92 Å². The van der Waals surface area contributed by atoms with Crippen LogP contribution < -0.4 is 0 Å². The molecule has 0 fully saturated rings. The number of hydrogen-bond acceptors (Lipinski definition) is 1. The first-order valence-corrected chi connectivity index (χ1v) is 1.53. The number of carboxylic acids is 1. The molecule has 0 bridgehead atoms. The van der Waals surface area contributed by atoms with Gasteiger partial charge in [-0.3, -0.25) is 0 Å². The van der Waals surface area contributed by atoms with E-state index in [9.17, 15) is 4.79 Å². The van der Waals surface area contributed by atoms with Crippen molar-refractivity contribution in [1.29, 1.82) is 0 Å². The molecule has 0 spiro atoms. The summed E-state index contributed by atoms with van der Waals surface area (Å²) in [6.45, 7) is 4.60. The SMILES string of the molecule is C=C(C)C(=O)O.[MgH2]. The van der Waals surface area contributed by atoms with Gasteiger partial charge in [-0.1, -0.05) is 6.58 Å². The molecule has 0 atom stereocenters. The molecule has 0 saturated carbocycles. The van der Waals surface area contributed by atoms with E-state index >= 15 is 0 Å². The van der Waals surface area contributed by atoms with Crippen LogP contribution in [0.4, 0.5) is 0 Å². The van der Waals surface area contributed by atoms with Gasteiger partial charge in [0.15, 0.2) is 0 Å². The van der Waals surface area contributed by atoms with Crippen molar-refractivity contribution >= 4 is 29.0 Å². The first kappa shape index (κ1) is 10.1. The normalized spacial score (nSPS) is 6.43. The molecule has 0 heterocycles. The Morgan fingerprint density at radius 2 is 1.86 bits per heavy atom. The number of rotatable bonds is 1. The van der Waals surface area contributed by atoms with Crippen LogP contribution >= 0.6 is 0 Å². The Morgan fingerprint density at radius 1 is 1.71 bits per heavy atom. The Morgan fingerprint density at radius 3 is 1.86 bits per heavy atom. The molecule has 3 heteroatoms. The highest BCUT2D eigenvalue weighted by molar-refractivity contribution is 5.84. The molecule has 0 aliphatic carbocycles. The van der Waals surface area contributed by atoms with Gasteiger partial charge in [-0.05, 0) is 6.92 Å². The fourth-order valence-electron chi connectivity index (χ4n) is 0. The van der Waals surface area contributed by atoms with Gasteiger partial charge in [0.25, 0.3) is 0 Å². The molecule has 7 heavy (non-hydrogen) atoms. The third kappa shape index (κ3) is 5.98. The Bertz CT molecular complexity index is 75.7. The molecule has 0 aromatic carbocycles. The standard InChI is InChI=1S/C4H6O2.Mg.2H/c1-3(2)4(5)6;;;/h1H2,2H3,(H,5,6);;;. The van der Waals surface area contributed by atoms with Crippen molar-refractivity contribution in [2.45, 2.75) is 6.92 Å². The molecule has 0 unspecified atom stereocenters. The first-order chi connectivity index (χ1) is 2.64. The highest BCUT2D eigenvalue weighted by Gasteiger charge is 1.90. The molecule has 0 amide bonds. The summed E-state index contributed by atoms with van der Waals surface area (Å²) in [6.07, 6.45) is 0. The second-order valence-electron chi connectivity index (χ2n) is 1.09. The fraction of sp³-hybridized carbons (Fsp3) is 0.250. The summed E-state index contributed by atoms with van der Waals surface area (Å²) < 4.78 is 0. The average molecular weight is 112 g/mol. The van der Waals surface area contributed by atoms with E-state index < -0.39 is 5.97 Å². The lowest BCUT2D eigenvalue weighted by Crippen LogP contribution is -1.92. The van der Waals surface area contributed by atoms with Crippen LogP contribution in [-0.4, -0.2) is 34.1 Å². The van der Waals surface area contributed by atoms with Gasteiger partial charge in [0.2, 0.25) is 0 Å². The largest absolute Gasteiger partial charge is 0.478 e. The van der Waals surface area contributed by atoms with Gasteiger partial charge in [-0.15, -0.1) is 0 Å². The van der Waals surface area contributed by atoms with Crippen LogP contribution in [0.3, 0.4) is 0 Å². The summed E-state index contributed by atoms with van der Waals surface area (Å²) in [7, 11) is 0. The van der Waals surface area contributed by atoms with E-state index in [4.69, 9.17) is 5.11 Å². The predicted octanol–water partition coefficient (Wildman–Crippen LogP) is -0.269. The van der Waals surface area contributed by atoms with Crippen LogP contribution in [0.5, 0.6) is 0 Å². The molecular weight excluding hydrogens is 104 g/mol. The van der Waals surface area contributed by atoms with Crippen LogP contribution in [0.25, 0.3) is 0 Å². The third-order valence-corrected chi connectivity index (χ3v) is 0.365. The second kappa shape index (κ2) is 4.14. The minimum Gasteiger partial charge on any atom is -0.478 e. The molecular formula is C4H8MgO2. The summed E-state index contributed by atoms with van der Waals surface area (Å²) in [5.74, 6) is -0.935. The molecule has 38 valence electrons. The summed E-state index contributed by atoms with van der Waals surface area (Å²) in [5.41, 5.74) is 0.176. The maximum absolute atomic E-state index is 9.60. The highest BCUT2D eigenvalue weighted by Crippen LogP contribution is 1.81. The maximum atomic E-state index is 9.60. The van der Waals surface area contributed by atoms with Gasteiger partial charge < -0.3 is 5.11 Å². The van der Waals surface area contributed by atoms with Crippen molar-refractivity contribution in [3.05, 3.63) is 12.2 Å². The molecule has 0 saturated heterocycles. The summed E-state index contributed by atoms with van der Waals surface area (Å²) in [6, 6.07) is 0. The van der Waals surface area contributed by atoms with E-state index in [2.05, 4.69) is 6.58 Å². The van der Waals surface area contributed by atoms with Crippen LogP contribution in [0.1, 0.15) is 6.92 Å². The molecule has 2 nitrogen and oxygen atoms in total. The van der Waals surface area contributed by atoms with Crippen molar-refractivity contribution in [3.8, 4) is 0 Å². The van der Waals surface area contributed by atoms with Gasteiger partial charge in [-0.2, -0.15) is 0 Å². The molecule has 1 N–H and O–H groups in total. The van der Waals surface area contributed by atoms with E-state index in [1.807, 2.05) is 0 Å². The van der Waals surface area contributed by atoms with Crippen LogP contribution in [-0.2, 0) is 4.79 Å². The van der Waals surface area contributed by atoms with Crippen LogP contribution in [0.2, 0.25) is 0 Å². The number of hydrogen-bond donors (Lipinski definition) is 1. The Balaban J connectivity index is 0. The van der Waals surface area contributed by atoms with E-state index in [1.54, 1.807) is 0 Å². The molecule has 0 rings (SSSR count). The second-order valence-corrected chi connectivity index (χ2v) is 1.09. The quantitative estimate of drug-likeness (QED) is 0.375. The van der Waals surface area contributed by atoms with Crippen molar-refractivity contribution in [3.63, 3.8) is 0 Å². The number of carbonyl (C=O) groups is 1. The van der Waals surface area contributed by atoms with Gasteiger partial charge in [-0.25, -0.2) is 4.79 Å². The van der Waals surface area contributed by atoms with Gasteiger partial charge in [0.1, 0.15) is 0 Å². The Kier molecular flexibility index (Phi) is 5.96. The minimum absolute atomic E-state index is 0. The fourth-order valence-corrected chi connectivity index (χ4v) is 0. The summed E-state index contributed by atoms with van der Waals surface area (Å²) in [5, 5.41) is 7.89. The van der Waals surface area contributed by atoms with Crippen LogP contribution in [0.15, 0.2) is 12.2 Å². The monoisotopic (exact) mass is 112 g/mol. The number of aliphatic carboxylic acids is 1. The van der Waals surface area contributed by atoms with E-state index in [-0.39, 0.29) is 28.6 Å². The smallest absolute Gasteiger partial charge is 0.330 e. The molecule has 0 aliphatic rings. The van der Waals surface area contributed by atoms with Gasteiger partial charge >= 0.3 is 29.0 Å². The van der Waals surface area contributed by atoms with E-state index in [0.29, 0.717) is 0 Å². The van der Waals surface area contributed by atoms with Crippen molar-refractivity contribution in [1.82, 2.24) is 0 Å². The summed E-state index contributed by atoms with van der Waals surface area (Å²) >= 11 is 0. The Hall–Kier alpha value is -0.0238. The zero-order chi connectivity index (χ0) is 5.15. The predicted molar refractivity (Wildman–Crippen MR) is 31.0 cm³/mol. The van der Waals surface area contributed by atoms with Crippen molar-refractivity contribution < 1.29 is 9.90 Å². The molecule has 0 aromatic rings. The highest BCUT2D eigenvalue weighted by atomic mass is 24.3. The number of carboxylic acid groups (broad SMARTS) is 1.